The second kappa shape index (κ2) is 14.3. The van der Waals surface area contributed by atoms with Gasteiger partial charge in [0.05, 0.1) is 56.5 Å². The minimum atomic E-state index is -0.584. The van der Waals surface area contributed by atoms with E-state index in [4.69, 9.17) is 23.7 Å². The summed E-state index contributed by atoms with van der Waals surface area (Å²) in [5.41, 5.74) is 7.31. The SMILES string of the molecule is COc1ccc(C2OC(=O)C(c3ccc4c(c3)NSN4CCc3cccc4ccccc34)=C2Cc2cc(OC)c(OC)c(OC(C)C)c2)cc1. The number of cyclic esters (lactones) is 1. The van der Waals surface area contributed by atoms with Gasteiger partial charge >= 0.3 is 5.97 Å². The molecule has 0 amide bonds. The van der Waals surface area contributed by atoms with Crippen molar-refractivity contribution in [2.75, 3.05) is 36.9 Å². The highest BCUT2D eigenvalue weighted by Crippen LogP contribution is 2.47. The zero-order valence-corrected chi connectivity index (χ0v) is 29.6. The number of methoxy groups -OCH3 is 3. The van der Waals surface area contributed by atoms with Crippen LogP contribution in [0.3, 0.4) is 0 Å². The van der Waals surface area contributed by atoms with Gasteiger partial charge < -0.3 is 28.4 Å². The highest BCUT2D eigenvalue weighted by molar-refractivity contribution is 8.02. The fraction of sp³-hybridized carbons (Fsp3) is 0.244. The summed E-state index contributed by atoms with van der Waals surface area (Å²) >= 11 is 1.57. The first-order valence-corrected chi connectivity index (χ1v) is 17.4. The van der Waals surface area contributed by atoms with E-state index in [0.717, 1.165) is 52.4 Å². The summed E-state index contributed by atoms with van der Waals surface area (Å²) in [6, 6.07) is 32.7. The van der Waals surface area contributed by atoms with Crippen molar-refractivity contribution in [2.24, 2.45) is 0 Å². The van der Waals surface area contributed by atoms with Crippen LogP contribution in [0.15, 0.2) is 103 Å². The number of hydrogen-bond acceptors (Lipinski definition) is 9. The van der Waals surface area contributed by atoms with Gasteiger partial charge in [0.2, 0.25) is 5.75 Å². The molecule has 0 fully saturated rings. The van der Waals surface area contributed by atoms with Crippen LogP contribution >= 0.6 is 12.1 Å². The number of nitrogens with zero attached hydrogens (tertiary/aromatic N) is 1. The van der Waals surface area contributed by atoms with Gasteiger partial charge in [0.25, 0.3) is 0 Å². The molecule has 0 aromatic heterocycles. The number of esters is 1. The molecular weight excluding hydrogens is 649 g/mol. The number of rotatable bonds is 12. The maximum absolute atomic E-state index is 13.8. The molecule has 256 valence electrons. The fourth-order valence-corrected chi connectivity index (χ4v) is 7.53. The van der Waals surface area contributed by atoms with E-state index >= 15 is 0 Å². The predicted molar refractivity (Wildman–Crippen MR) is 200 cm³/mol. The van der Waals surface area contributed by atoms with Crippen LogP contribution < -0.4 is 28.0 Å². The van der Waals surface area contributed by atoms with E-state index in [0.29, 0.717) is 29.2 Å². The standard InChI is InChI=1S/C41H40N2O6S/c1-25(2)48-37-23-26(22-36(46-4)40(37)47-5)21-33-38(41(44)49-39(33)29-13-16-31(45-3)17-14-29)30-15-18-35-34(24-30)42-50-43(35)20-19-28-11-8-10-27-9-6-7-12-32(27)28/h6-18,22-25,39,42H,19-21H2,1-5H3. The number of nitrogens with one attached hydrogen (secondary N) is 1. The molecule has 2 aliphatic rings. The summed E-state index contributed by atoms with van der Waals surface area (Å²) in [6.45, 7) is 4.76. The Balaban J connectivity index is 1.24. The van der Waals surface area contributed by atoms with Crippen molar-refractivity contribution in [2.45, 2.75) is 38.9 Å². The van der Waals surface area contributed by atoms with Gasteiger partial charge in [0.1, 0.15) is 11.9 Å². The van der Waals surface area contributed by atoms with E-state index in [1.807, 2.05) is 56.3 Å². The van der Waals surface area contributed by atoms with Crippen molar-refractivity contribution in [3.05, 3.63) is 125 Å². The van der Waals surface area contributed by atoms with Gasteiger partial charge in [-0.05, 0) is 102 Å². The van der Waals surface area contributed by atoms with Gasteiger partial charge in [-0.15, -0.1) is 0 Å². The van der Waals surface area contributed by atoms with Crippen molar-refractivity contribution in [1.29, 1.82) is 0 Å². The van der Waals surface area contributed by atoms with Crippen LogP contribution in [0.2, 0.25) is 0 Å². The van der Waals surface area contributed by atoms with Gasteiger partial charge in [-0.25, -0.2) is 4.79 Å². The molecule has 2 heterocycles. The molecule has 8 nitrogen and oxygen atoms in total. The Morgan fingerprint density at radius 1 is 0.860 bits per heavy atom. The molecule has 0 aliphatic carbocycles. The summed E-state index contributed by atoms with van der Waals surface area (Å²) in [6.07, 6.45) is 0.656. The van der Waals surface area contributed by atoms with Gasteiger partial charge in [-0.3, -0.25) is 4.31 Å². The smallest absolute Gasteiger partial charge is 0.339 e. The van der Waals surface area contributed by atoms with E-state index in [1.54, 1.807) is 33.5 Å². The number of benzene rings is 5. The van der Waals surface area contributed by atoms with Crippen LogP contribution in [-0.4, -0.2) is 39.9 Å². The summed E-state index contributed by atoms with van der Waals surface area (Å²) < 4.78 is 34.8. The Hall–Kier alpha value is -5.28. The second-order valence-corrected chi connectivity index (χ2v) is 13.4. The van der Waals surface area contributed by atoms with Gasteiger partial charge in [-0.1, -0.05) is 60.7 Å². The molecule has 7 rings (SSSR count). The highest BCUT2D eigenvalue weighted by Gasteiger charge is 2.37. The molecule has 1 unspecified atom stereocenters. The molecular formula is C41H40N2O6S. The monoisotopic (exact) mass is 688 g/mol. The topological polar surface area (TPSA) is 78.5 Å². The molecule has 50 heavy (non-hydrogen) atoms. The minimum Gasteiger partial charge on any atom is -0.497 e. The molecule has 5 aromatic carbocycles. The van der Waals surface area contributed by atoms with E-state index < -0.39 is 6.10 Å². The third-order valence-corrected chi connectivity index (χ3v) is 9.94. The highest BCUT2D eigenvalue weighted by atomic mass is 32.2. The van der Waals surface area contributed by atoms with Gasteiger partial charge in [0, 0.05) is 6.54 Å². The first-order chi connectivity index (χ1) is 24.4. The number of ether oxygens (including phenoxy) is 5. The van der Waals surface area contributed by atoms with Crippen LogP contribution in [0.4, 0.5) is 11.4 Å². The molecule has 0 radical (unpaired) electrons. The zero-order chi connectivity index (χ0) is 34.8. The first-order valence-electron chi connectivity index (χ1n) is 16.7. The summed E-state index contributed by atoms with van der Waals surface area (Å²) in [7, 11) is 4.83. The number of anilines is 2. The Kier molecular flexibility index (Phi) is 9.50. The van der Waals surface area contributed by atoms with Crippen LogP contribution in [-0.2, 0) is 22.4 Å². The molecule has 0 saturated heterocycles. The molecule has 0 saturated carbocycles. The Labute approximate surface area is 297 Å². The molecule has 1 N–H and O–H groups in total. The lowest BCUT2D eigenvalue weighted by atomic mass is 9.90. The maximum atomic E-state index is 13.8. The molecule has 1 atom stereocenters. The average molecular weight is 689 g/mol. The summed E-state index contributed by atoms with van der Waals surface area (Å²) in [5, 5.41) is 2.53. The van der Waals surface area contributed by atoms with E-state index in [2.05, 4.69) is 63.6 Å². The Morgan fingerprint density at radius 3 is 2.40 bits per heavy atom. The summed E-state index contributed by atoms with van der Waals surface area (Å²) in [4.78, 5) is 13.8. The zero-order valence-electron chi connectivity index (χ0n) is 28.8. The maximum Gasteiger partial charge on any atom is 0.339 e. The minimum absolute atomic E-state index is 0.0783. The van der Waals surface area contributed by atoms with Crippen molar-refractivity contribution in [3.8, 4) is 23.0 Å². The van der Waals surface area contributed by atoms with Crippen molar-refractivity contribution in [3.63, 3.8) is 0 Å². The second-order valence-electron chi connectivity index (χ2n) is 12.5. The summed E-state index contributed by atoms with van der Waals surface area (Å²) in [5.74, 6) is 2.02. The molecule has 0 bridgehead atoms. The average Bonchev–Trinajstić information content (AvgIpc) is 3.69. The predicted octanol–water partition coefficient (Wildman–Crippen LogP) is 8.99. The fourth-order valence-electron chi connectivity index (χ4n) is 6.72. The lowest BCUT2D eigenvalue weighted by Gasteiger charge is -2.19. The van der Waals surface area contributed by atoms with Crippen molar-refractivity contribution < 1.29 is 28.5 Å². The van der Waals surface area contributed by atoms with Crippen LogP contribution in [0.5, 0.6) is 23.0 Å². The van der Waals surface area contributed by atoms with E-state index in [1.165, 1.54) is 16.3 Å². The lowest BCUT2D eigenvalue weighted by Crippen LogP contribution is -2.15. The Morgan fingerprint density at radius 2 is 1.64 bits per heavy atom. The normalized spacial score (nSPS) is 15.3. The van der Waals surface area contributed by atoms with Crippen LogP contribution in [0.25, 0.3) is 16.3 Å². The lowest BCUT2D eigenvalue weighted by molar-refractivity contribution is -0.138. The Bertz CT molecular complexity index is 2070. The third-order valence-electron chi connectivity index (χ3n) is 9.03. The van der Waals surface area contributed by atoms with E-state index in [9.17, 15) is 4.79 Å². The largest absolute Gasteiger partial charge is 0.497 e. The van der Waals surface area contributed by atoms with E-state index in [-0.39, 0.29) is 12.1 Å². The van der Waals surface area contributed by atoms with Crippen LogP contribution in [0, 0.1) is 0 Å². The van der Waals surface area contributed by atoms with Gasteiger partial charge in [0.15, 0.2) is 11.5 Å². The number of carbonyl (C=O) groups excluding carboxylic acids is 1. The van der Waals surface area contributed by atoms with Crippen LogP contribution in [0.1, 0.15) is 42.2 Å². The number of fused-ring (bicyclic) bond motifs is 2. The number of hydrogen-bond donors (Lipinski definition) is 1. The van der Waals surface area contributed by atoms with Gasteiger partial charge in [-0.2, -0.15) is 0 Å². The van der Waals surface area contributed by atoms with Crippen molar-refractivity contribution in [1.82, 2.24) is 0 Å². The molecule has 9 heteroatoms. The quantitative estimate of drug-likeness (QED) is 0.102. The third kappa shape index (κ3) is 6.53. The molecule has 2 aliphatic heterocycles. The van der Waals surface area contributed by atoms with Crippen molar-refractivity contribution >= 4 is 45.8 Å². The molecule has 0 spiro atoms. The first kappa shape index (κ1) is 33.2. The number of carbonyl (C=O) groups is 1. The molecule has 5 aromatic rings.